The number of fused-ring (bicyclic) bond motifs is 3. The molecule has 0 spiro atoms. The normalized spacial score (nSPS) is 15.9. The molecular formula is C19H21N5OS. The molecule has 0 bridgehead atoms. The van der Waals surface area contributed by atoms with Crippen LogP contribution in [0.3, 0.4) is 0 Å². The quantitative estimate of drug-likeness (QED) is 0.643. The van der Waals surface area contributed by atoms with Gasteiger partial charge >= 0.3 is 0 Å². The Morgan fingerprint density at radius 1 is 1.23 bits per heavy atom. The summed E-state index contributed by atoms with van der Waals surface area (Å²) in [6.45, 7) is 0. The van der Waals surface area contributed by atoms with Crippen molar-refractivity contribution in [3.05, 3.63) is 28.4 Å². The highest BCUT2D eigenvalue weighted by Crippen LogP contribution is 2.37. The number of aromatic nitrogens is 3. The summed E-state index contributed by atoms with van der Waals surface area (Å²) in [6.07, 6.45) is 10.2. The number of hydrogen-bond donors (Lipinski definition) is 0. The first-order chi connectivity index (χ1) is 12.6. The fourth-order valence-electron chi connectivity index (χ4n) is 3.93. The highest BCUT2D eigenvalue weighted by Gasteiger charge is 2.22. The largest absolute Gasteiger partial charge is 0.376 e. The zero-order valence-electron chi connectivity index (χ0n) is 15.0. The Morgan fingerprint density at radius 3 is 2.62 bits per heavy atom. The van der Waals surface area contributed by atoms with Crippen LogP contribution in [0.25, 0.3) is 20.4 Å². The molecule has 1 fully saturated rings. The molecule has 26 heavy (non-hydrogen) atoms. The summed E-state index contributed by atoms with van der Waals surface area (Å²) in [7, 11) is 3.79. The zero-order chi connectivity index (χ0) is 18.3. The molecule has 7 heteroatoms. The second-order valence-electron chi connectivity index (χ2n) is 7.09. The number of nitriles is 1. The molecule has 1 aliphatic carbocycles. The van der Waals surface area contributed by atoms with Crippen LogP contribution in [0.15, 0.2) is 17.3 Å². The molecule has 3 heterocycles. The lowest BCUT2D eigenvalue weighted by Gasteiger charge is -2.17. The van der Waals surface area contributed by atoms with Crippen LogP contribution in [0.5, 0.6) is 0 Å². The first kappa shape index (κ1) is 17.0. The lowest BCUT2D eigenvalue weighted by Crippen LogP contribution is -2.24. The van der Waals surface area contributed by atoms with Gasteiger partial charge in [0.15, 0.2) is 0 Å². The lowest BCUT2D eigenvalue weighted by molar-refractivity contribution is 0.430. The van der Waals surface area contributed by atoms with Gasteiger partial charge in [0.25, 0.3) is 5.56 Å². The van der Waals surface area contributed by atoms with Gasteiger partial charge in [-0.3, -0.25) is 9.36 Å². The molecule has 134 valence electrons. The molecule has 0 aromatic carbocycles. The summed E-state index contributed by atoms with van der Waals surface area (Å²) in [4.78, 5) is 24.9. The Kier molecular flexibility index (Phi) is 4.37. The van der Waals surface area contributed by atoms with Crippen LogP contribution in [0.1, 0.15) is 50.1 Å². The first-order valence-electron chi connectivity index (χ1n) is 9.01. The molecule has 0 radical (unpaired) electrons. The van der Waals surface area contributed by atoms with E-state index in [1.807, 2.05) is 23.6 Å². The Morgan fingerprint density at radius 2 is 1.96 bits per heavy atom. The minimum atomic E-state index is 0.0214. The molecule has 0 amide bonds. The van der Waals surface area contributed by atoms with Crippen molar-refractivity contribution in [1.82, 2.24) is 14.5 Å². The fourth-order valence-corrected chi connectivity index (χ4v) is 4.97. The van der Waals surface area contributed by atoms with Crippen LogP contribution in [0, 0.1) is 11.3 Å². The van der Waals surface area contributed by atoms with E-state index >= 15 is 0 Å². The van der Waals surface area contributed by atoms with Gasteiger partial charge in [0.1, 0.15) is 21.1 Å². The van der Waals surface area contributed by atoms with Crippen molar-refractivity contribution in [2.75, 3.05) is 19.0 Å². The minimum absolute atomic E-state index is 0.0214. The highest BCUT2D eigenvalue weighted by molar-refractivity contribution is 7.25. The average molecular weight is 367 g/mol. The van der Waals surface area contributed by atoms with E-state index in [0.717, 1.165) is 28.7 Å². The van der Waals surface area contributed by atoms with E-state index in [4.69, 9.17) is 0 Å². The van der Waals surface area contributed by atoms with Crippen LogP contribution in [0.2, 0.25) is 0 Å². The van der Waals surface area contributed by atoms with E-state index in [1.54, 1.807) is 12.5 Å². The van der Waals surface area contributed by atoms with E-state index in [1.165, 1.54) is 37.0 Å². The van der Waals surface area contributed by atoms with Gasteiger partial charge < -0.3 is 4.90 Å². The highest BCUT2D eigenvalue weighted by atomic mass is 32.1. The summed E-state index contributed by atoms with van der Waals surface area (Å²) in [5.41, 5.74) is 1.96. The summed E-state index contributed by atoms with van der Waals surface area (Å²) in [5.74, 6) is 0. The van der Waals surface area contributed by atoms with Crippen molar-refractivity contribution in [2.24, 2.45) is 0 Å². The smallest absolute Gasteiger partial charge is 0.271 e. The fraction of sp³-hybridized carbons (Fsp3) is 0.474. The van der Waals surface area contributed by atoms with Crippen molar-refractivity contribution in [2.45, 2.75) is 44.6 Å². The molecule has 1 aliphatic rings. The van der Waals surface area contributed by atoms with Gasteiger partial charge in [-0.15, -0.1) is 11.3 Å². The lowest BCUT2D eigenvalue weighted by atomic mass is 10.1. The zero-order valence-corrected chi connectivity index (χ0v) is 15.8. The van der Waals surface area contributed by atoms with Gasteiger partial charge in [0.05, 0.1) is 23.0 Å². The molecule has 3 aromatic rings. The van der Waals surface area contributed by atoms with Crippen molar-refractivity contribution >= 4 is 37.5 Å². The monoisotopic (exact) mass is 367 g/mol. The molecule has 0 unspecified atom stereocenters. The van der Waals surface area contributed by atoms with E-state index < -0.39 is 0 Å². The predicted molar refractivity (Wildman–Crippen MR) is 105 cm³/mol. The summed E-state index contributed by atoms with van der Waals surface area (Å²) in [5, 5.41) is 10.2. The van der Waals surface area contributed by atoms with Crippen molar-refractivity contribution in [1.29, 1.82) is 5.26 Å². The second-order valence-corrected chi connectivity index (χ2v) is 8.09. The maximum absolute atomic E-state index is 13.2. The Balaban J connectivity index is 1.97. The summed E-state index contributed by atoms with van der Waals surface area (Å²) in [6, 6.07) is 2.44. The summed E-state index contributed by atoms with van der Waals surface area (Å²) >= 11 is 1.38. The Labute approximate surface area is 155 Å². The number of anilines is 1. The average Bonchev–Trinajstić information content (AvgIpc) is 2.82. The topological polar surface area (TPSA) is 74.8 Å². The Bertz CT molecular complexity index is 1070. The van der Waals surface area contributed by atoms with Crippen molar-refractivity contribution in [3.8, 4) is 6.07 Å². The van der Waals surface area contributed by atoms with Crippen molar-refractivity contribution < 1.29 is 0 Å². The third-order valence-corrected chi connectivity index (χ3v) is 6.27. The molecule has 0 saturated heterocycles. The third kappa shape index (κ3) is 2.65. The molecule has 6 nitrogen and oxygen atoms in total. The predicted octanol–water partition coefficient (Wildman–Crippen LogP) is 3.84. The van der Waals surface area contributed by atoms with E-state index in [0.29, 0.717) is 15.8 Å². The molecule has 4 rings (SSSR count). The minimum Gasteiger partial charge on any atom is -0.376 e. The Hall–Kier alpha value is -2.46. The summed E-state index contributed by atoms with van der Waals surface area (Å²) < 4.78 is 2.46. The van der Waals surface area contributed by atoms with Crippen LogP contribution in [-0.4, -0.2) is 28.6 Å². The van der Waals surface area contributed by atoms with E-state index in [-0.39, 0.29) is 11.6 Å². The number of pyridine rings is 1. The van der Waals surface area contributed by atoms with Crippen LogP contribution in [-0.2, 0) is 0 Å². The molecule has 0 atom stereocenters. The number of rotatable bonds is 2. The number of thiophene rings is 1. The molecule has 0 aliphatic heterocycles. The van der Waals surface area contributed by atoms with E-state index in [2.05, 4.69) is 16.0 Å². The van der Waals surface area contributed by atoms with Gasteiger partial charge in [0.2, 0.25) is 0 Å². The molecule has 1 saturated carbocycles. The van der Waals surface area contributed by atoms with Gasteiger partial charge in [-0.2, -0.15) is 5.26 Å². The SMILES string of the molecule is CN(C)c1c(C#N)cnc2sc3c(=O)n(C4CCCCCC4)cnc3c12. The van der Waals surface area contributed by atoms with Gasteiger partial charge in [-0.1, -0.05) is 25.7 Å². The van der Waals surface area contributed by atoms with E-state index in [9.17, 15) is 10.1 Å². The molecule has 0 N–H and O–H groups in total. The maximum Gasteiger partial charge on any atom is 0.271 e. The molecule has 3 aromatic heterocycles. The van der Waals surface area contributed by atoms with Gasteiger partial charge in [0, 0.05) is 26.3 Å². The number of hydrogen-bond acceptors (Lipinski definition) is 6. The third-order valence-electron chi connectivity index (χ3n) is 5.19. The van der Waals surface area contributed by atoms with Gasteiger partial charge in [-0.25, -0.2) is 9.97 Å². The van der Waals surface area contributed by atoms with Crippen LogP contribution >= 0.6 is 11.3 Å². The van der Waals surface area contributed by atoms with Gasteiger partial charge in [-0.05, 0) is 12.8 Å². The van der Waals surface area contributed by atoms with Crippen molar-refractivity contribution in [3.63, 3.8) is 0 Å². The maximum atomic E-state index is 13.2. The second kappa shape index (κ2) is 6.69. The number of nitrogens with zero attached hydrogens (tertiary/aromatic N) is 5. The molecular weight excluding hydrogens is 346 g/mol. The van der Waals surface area contributed by atoms with Crippen LogP contribution in [0.4, 0.5) is 5.69 Å². The first-order valence-corrected chi connectivity index (χ1v) is 9.83. The standard InChI is InChI=1S/C19H21N5OS/c1-23(2)16-12(9-20)10-21-18-14(16)15-17(26-18)19(25)24(11-22-15)13-7-5-3-4-6-8-13/h10-11,13H,3-8H2,1-2H3. The van der Waals surface area contributed by atoms with Crippen LogP contribution < -0.4 is 10.5 Å².